The number of ketones is 1. The van der Waals surface area contributed by atoms with Crippen LogP contribution in [0.15, 0.2) is 89.4 Å². The molecule has 3 aromatic carbocycles. The summed E-state index contributed by atoms with van der Waals surface area (Å²) >= 11 is 3.43. The van der Waals surface area contributed by atoms with Gasteiger partial charge in [-0.3, -0.25) is 4.79 Å². The summed E-state index contributed by atoms with van der Waals surface area (Å²) in [5.41, 5.74) is 0.815. The van der Waals surface area contributed by atoms with Crippen molar-refractivity contribution in [1.29, 1.82) is 0 Å². The minimum atomic E-state index is -2.62. The van der Waals surface area contributed by atoms with Crippen molar-refractivity contribution in [2.24, 2.45) is 0 Å². The van der Waals surface area contributed by atoms with Crippen LogP contribution in [0.5, 0.6) is 0 Å². The first-order valence-electron chi connectivity index (χ1n) is 10.4. The molecule has 0 saturated carbocycles. The zero-order valence-corrected chi connectivity index (χ0v) is 20.8. The normalized spacial score (nSPS) is 11.5. The fraction of sp³-hybridized carbons (Fsp3) is 0.222. The average molecular weight is 492 g/mol. The predicted octanol–water partition coefficient (Wildman–Crippen LogP) is 5.34. The second-order valence-corrected chi connectivity index (χ2v) is 13.7. The molecule has 0 bridgehead atoms. The number of carbonyl (C=O) groups is 1. The molecule has 0 spiro atoms. The van der Waals surface area contributed by atoms with Gasteiger partial charge in [-0.15, -0.1) is 0 Å². The lowest BCUT2D eigenvalue weighted by Crippen LogP contribution is -2.66. The van der Waals surface area contributed by atoms with Gasteiger partial charge in [0, 0.05) is 23.1 Å². The summed E-state index contributed by atoms with van der Waals surface area (Å²) in [5.74, 6) is 5.60. The maximum Gasteiger partial charge on any atom is 0.261 e. The topological polar surface area (TPSA) is 26.3 Å². The van der Waals surface area contributed by atoms with Gasteiger partial charge in [-0.2, -0.15) is 0 Å². The second-order valence-electron chi connectivity index (χ2n) is 8.45. The van der Waals surface area contributed by atoms with Crippen LogP contribution in [0, 0.1) is 11.8 Å². The molecule has 0 aliphatic heterocycles. The third kappa shape index (κ3) is 5.62. The number of rotatable bonds is 6. The molecule has 0 aliphatic carbocycles. The third-order valence-corrected chi connectivity index (χ3v) is 10.8. The summed E-state index contributed by atoms with van der Waals surface area (Å²) in [6.45, 7) is 7.04. The summed E-state index contributed by atoms with van der Waals surface area (Å²) in [5, 5.41) is 2.31. The van der Waals surface area contributed by atoms with Crippen LogP contribution >= 0.6 is 15.9 Å². The lowest BCUT2D eigenvalue weighted by Gasteiger charge is -2.43. The van der Waals surface area contributed by atoms with Crippen molar-refractivity contribution >= 4 is 40.4 Å². The molecule has 0 aromatic heterocycles. The van der Waals surface area contributed by atoms with E-state index in [1.807, 2.05) is 36.4 Å². The molecule has 0 amide bonds. The Bertz CT molecular complexity index is 1040. The van der Waals surface area contributed by atoms with Gasteiger partial charge in [0.25, 0.3) is 8.32 Å². The van der Waals surface area contributed by atoms with Crippen LogP contribution in [0.1, 0.15) is 32.8 Å². The van der Waals surface area contributed by atoms with Crippen molar-refractivity contribution in [2.75, 3.05) is 6.61 Å². The van der Waals surface area contributed by atoms with Crippen LogP contribution in [-0.4, -0.2) is 20.7 Å². The maximum absolute atomic E-state index is 12.5. The molecular weight excluding hydrogens is 464 g/mol. The first kappa shape index (κ1) is 23.2. The van der Waals surface area contributed by atoms with E-state index in [2.05, 4.69) is 97.1 Å². The largest absolute Gasteiger partial charge is 0.407 e. The average Bonchev–Trinajstić information content (AvgIpc) is 2.76. The Kier molecular flexibility index (Phi) is 7.67. The van der Waals surface area contributed by atoms with E-state index in [0.717, 1.165) is 10.0 Å². The Morgan fingerprint density at radius 3 is 2.00 bits per heavy atom. The Hall–Kier alpha value is -2.45. The van der Waals surface area contributed by atoms with E-state index in [1.54, 1.807) is 0 Å². The fourth-order valence-corrected chi connectivity index (χ4v) is 8.79. The number of halogens is 1. The van der Waals surface area contributed by atoms with E-state index in [-0.39, 0.29) is 17.2 Å². The first-order chi connectivity index (χ1) is 14.8. The van der Waals surface area contributed by atoms with E-state index >= 15 is 0 Å². The zero-order chi connectivity index (χ0) is 22.3. The van der Waals surface area contributed by atoms with Gasteiger partial charge >= 0.3 is 0 Å². The molecule has 0 aliphatic rings. The van der Waals surface area contributed by atoms with Gasteiger partial charge in [-0.25, -0.2) is 0 Å². The summed E-state index contributed by atoms with van der Waals surface area (Å²) < 4.78 is 7.70. The summed E-state index contributed by atoms with van der Waals surface area (Å²) in [4.78, 5) is 12.5. The molecule has 2 nitrogen and oxygen atoms in total. The number of benzene rings is 3. The molecule has 3 rings (SSSR count). The first-order valence-corrected chi connectivity index (χ1v) is 13.1. The van der Waals surface area contributed by atoms with E-state index in [0.29, 0.717) is 6.61 Å². The number of hydrogen-bond acceptors (Lipinski definition) is 2. The lowest BCUT2D eigenvalue weighted by atomic mass is 10.2. The monoisotopic (exact) mass is 490 g/mol. The zero-order valence-electron chi connectivity index (χ0n) is 18.2. The lowest BCUT2D eigenvalue weighted by molar-refractivity contribution is -0.114. The molecule has 4 heteroatoms. The molecule has 158 valence electrons. The van der Waals surface area contributed by atoms with Gasteiger partial charge < -0.3 is 4.43 Å². The molecule has 3 aromatic rings. The van der Waals surface area contributed by atoms with E-state index < -0.39 is 8.32 Å². The second kappa shape index (κ2) is 10.2. The Labute approximate surface area is 194 Å². The van der Waals surface area contributed by atoms with Gasteiger partial charge in [-0.1, -0.05) is 109 Å². The van der Waals surface area contributed by atoms with Crippen molar-refractivity contribution in [2.45, 2.75) is 32.2 Å². The predicted molar refractivity (Wildman–Crippen MR) is 134 cm³/mol. The van der Waals surface area contributed by atoms with Crippen LogP contribution in [0.4, 0.5) is 0 Å². The van der Waals surface area contributed by atoms with Crippen LogP contribution < -0.4 is 10.4 Å². The van der Waals surface area contributed by atoms with Gasteiger partial charge in [0.15, 0.2) is 0 Å². The van der Waals surface area contributed by atoms with Gasteiger partial charge in [0.1, 0.15) is 0 Å². The van der Waals surface area contributed by atoms with Crippen molar-refractivity contribution < 1.29 is 9.22 Å². The van der Waals surface area contributed by atoms with Crippen molar-refractivity contribution in [3.63, 3.8) is 0 Å². The molecule has 0 fully saturated rings. The van der Waals surface area contributed by atoms with Gasteiger partial charge in [0.05, 0.1) is 0 Å². The van der Waals surface area contributed by atoms with Crippen LogP contribution in [0.2, 0.25) is 5.04 Å². The smallest absolute Gasteiger partial charge is 0.261 e. The SMILES string of the molecule is CC(C)(C)[Si](OCCC(=O)C#Cc1cccc(Br)c1)(c1ccccc1)c1ccccc1. The summed E-state index contributed by atoms with van der Waals surface area (Å²) in [6, 6.07) is 28.5. The molecule has 0 atom stereocenters. The Morgan fingerprint density at radius 2 is 1.48 bits per heavy atom. The molecular formula is C27H27BrO2Si. The fourth-order valence-electron chi connectivity index (χ4n) is 3.83. The highest BCUT2D eigenvalue weighted by molar-refractivity contribution is 9.10. The molecule has 31 heavy (non-hydrogen) atoms. The van der Waals surface area contributed by atoms with Crippen molar-refractivity contribution in [1.82, 2.24) is 0 Å². The highest BCUT2D eigenvalue weighted by atomic mass is 79.9. The third-order valence-electron chi connectivity index (χ3n) is 5.24. The summed E-state index contributed by atoms with van der Waals surface area (Å²) in [7, 11) is -2.62. The van der Waals surface area contributed by atoms with E-state index in [4.69, 9.17) is 4.43 Å². The highest BCUT2D eigenvalue weighted by Gasteiger charge is 2.50. The molecule has 0 radical (unpaired) electrons. The van der Waals surface area contributed by atoms with Crippen LogP contribution in [0.3, 0.4) is 0 Å². The maximum atomic E-state index is 12.5. The van der Waals surface area contributed by atoms with E-state index in [1.165, 1.54) is 10.4 Å². The van der Waals surface area contributed by atoms with Crippen LogP contribution in [-0.2, 0) is 9.22 Å². The van der Waals surface area contributed by atoms with Crippen molar-refractivity contribution in [3.8, 4) is 11.8 Å². The molecule has 0 unspecified atom stereocenters. The Balaban J connectivity index is 1.84. The summed E-state index contributed by atoms with van der Waals surface area (Å²) in [6.07, 6.45) is 0.269. The molecule has 0 saturated heterocycles. The number of hydrogen-bond donors (Lipinski definition) is 0. The van der Waals surface area contributed by atoms with Gasteiger partial charge in [-0.05, 0) is 39.5 Å². The minimum Gasteiger partial charge on any atom is -0.407 e. The number of carbonyl (C=O) groups excluding carboxylic acids is 1. The quantitative estimate of drug-likeness (QED) is 0.344. The van der Waals surface area contributed by atoms with Crippen LogP contribution in [0.25, 0.3) is 0 Å². The minimum absolute atomic E-state index is 0.110. The molecule has 0 heterocycles. The van der Waals surface area contributed by atoms with E-state index in [9.17, 15) is 4.79 Å². The van der Waals surface area contributed by atoms with Gasteiger partial charge in [0.2, 0.25) is 5.78 Å². The standard InChI is InChI=1S/C27H27BrO2Si/c1-27(2,3)31(25-13-6-4-7-14-25,26-15-8-5-9-16-26)30-20-19-24(29)18-17-22-11-10-12-23(28)21-22/h4-16,21H,19-20H2,1-3H3. The van der Waals surface area contributed by atoms with Crippen molar-refractivity contribution in [3.05, 3.63) is 95.0 Å². The number of Topliss-reactive ketones (excluding diaryl/α,β-unsaturated/α-hetero) is 1. The highest BCUT2D eigenvalue weighted by Crippen LogP contribution is 2.36. The molecule has 0 N–H and O–H groups in total. The Morgan fingerprint density at radius 1 is 0.903 bits per heavy atom.